The summed E-state index contributed by atoms with van der Waals surface area (Å²) < 4.78 is 0. The van der Waals surface area contributed by atoms with Crippen molar-refractivity contribution in [2.24, 2.45) is 0 Å². The van der Waals surface area contributed by atoms with Gasteiger partial charge in [0, 0.05) is 24.3 Å². The largest absolute Gasteiger partial charge is 0.377 e. The van der Waals surface area contributed by atoms with Crippen molar-refractivity contribution in [1.29, 1.82) is 0 Å². The normalized spacial score (nSPS) is 18.4. The second kappa shape index (κ2) is 7.91. The van der Waals surface area contributed by atoms with Crippen molar-refractivity contribution in [3.8, 4) is 0 Å². The second-order valence-corrected chi connectivity index (χ2v) is 6.66. The van der Waals surface area contributed by atoms with Gasteiger partial charge in [0.1, 0.15) is 5.82 Å². The molecule has 5 nitrogen and oxygen atoms in total. The Bertz CT molecular complexity index is 898. The third kappa shape index (κ3) is 4.08. The lowest BCUT2D eigenvalue weighted by Crippen LogP contribution is -2.37. The highest BCUT2D eigenvalue weighted by Crippen LogP contribution is 2.31. The van der Waals surface area contributed by atoms with Gasteiger partial charge < -0.3 is 16.0 Å². The van der Waals surface area contributed by atoms with Crippen LogP contribution in [0.1, 0.15) is 28.4 Å². The molecule has 3 aromatic rings. The van der Waals surface area contributed by atoms with Crippen molar-refractivity contribution >= 4 is 17.4 Å². The first-order chi connectivity index (χ1) is 13.3. The maximum atomic E-state index is 12.4. The van der Waals surface area contributed by atoms with Crippen LogP contribution in [0.15, 0.2) is 79.0 Å². The zero-order valence-electron chi connectivity index (χ0n) is 14.9. The Labute approximate surface area is 158 Å². The average Bonchev–Trinajstić information content (AvgIpc) is 2.92. The highest BCUT2D eigenvalue weighted by molar-refractivity contribution is 5.94. The van der Waals surface area contributed by atoms with E-state index in [-0.39, 0.29) is 18.0 Å². The van der Waals surface area contributed by atoms with E-state index < -0.39 is 0 Å². The molecule has 2 heterocycles. The van der Waals surface area contributed by atoms with Crippen LogP contribution in [0.3, 0.4) is 0 Å². The molecule has 0 saturated heterocycles. The Morgan fingerprint density at radius 3 is 2.48 bits per heavy atom. The fourth-order valence-electron chi connectivity index (χ4n) is 3.37. The number of benzene rings is 2. The van der Waals surface area contributed by atoms with E-state index in [9.17, 15) is 4.79 Å². The molecule has 0 saturated carbocycles. The zero-order valence-corrected chi connectivity index (χ0v) is 14.9. The monoisotopic (exact) mass is 358 g/mol. The van der Waals surface area contributed by atoms with E-state index in [1.54, 1.807) is 6.20 Å². The molecular formula is C22H22N4O. The van der Waals surface area contributed by atoms with E-state index in [1.807, 2.05) is 60.7 Å². The van der Waals surface area contributed by atoms with Gasteiger partial charge in [0.15, 0.2) is 0 Å². The summed E-state index contributed by atoms with van der Waals surface area (Å²) in [5.41, 5.74) is 2.83. The number of amides is 1. The molecule has 1 aliphatic heterocycles. The quantitative estimate of drug-likeness (QED) is 0.663. The fraction of sp³-hybridized carbons (Fsp3) is 0.182. The summed E-state index contributed by atoms with van der Waals surface area (Å²) in [7, 11) is 0. The first-order valence-electron chi connectivity index (χ1n) is 9.16. The Morgan fingerprint density at radius 2 is 1.70 bits per heavy atom. The number of carbonyl (C=O) groups is 1. The maximum Gasteiger partial charge on any atom is 0.251 e. The van der Waals surface area contributed by atoms with Crippen molar-refractivity contribution in [1.82, 2.24) is 10.3 Å². The minimum absolute atomic E-state index is 0.0581. The number of rotatable bonds is 4. The number of hydrogen-bond acceptors (Lipinski definition) is 4. The number of aromatic nitrogens is 1. The molecule has 0 unspecified atom stereocenters. The van der Waals surface area contributed by atoms with Gasteiger partial charge in [0.05, 0.1) is 11.7 Å². The zero-order chi connectivity index (χ0) is 18.5. The summed E-state index contributed by atoms with van der Waals surface area (Å²) >= 11 is 0. The molecule has 1 amide bonds. The molecule has 27 heavy (non-hydrogen) atoms. The molecule has 3 N–H and O–H groups in total. The number of hydrogen-bond donors (Lipinski definition) is 3. The van der Waals surface area contributed by atoms with Gasteiger partial charge in [0.2, 0.25) is 0 Å². The van der Waals surface area contributed by atoms with Gasteiger partial charge in [-0.1, -0.05) is 48.5 Å². The summed E-state index contributed by atoms with van der Waals surface area (Å²) in [6, 6.07) is 23.8. The highest BCUT2D eigenvalue weighted by Gasteiger charge is 2.24. The lowest BCUT2D eigenvalue weighted by Gasteiger charge is -2.22. The molecule has 1 aromatic heterocycles. The molecule has 4 rings (SSSR count). The van der Waals surface area contributed by atoms with Gasteiger partial charge in [-0.3, -0.25) is 4.79 Å². The Morgan fingerprint density at radius 1 is 0.963 bits per heavy atom. The fourth-order valence-corrected chi connectivity index (χ4v) is 3.37. The van der Waals surface area contributed by atoms with Crippen molar-refractivity contribution < 1.29 is 4.79 Å². The van der Waals surface area contributed by atoms with Gasteiger partial charge in [-0.15, -0.1) is 0 Å². The molecule has 2 aromatic carbocycles. The minimum atomic E-state index is -0.0581. The van der Waals surface area contributed by atoms with E-state index in [0.717, 1.165) is 17.9 Å². The SMILES string of the molecule is O=C(NC[C@H]1C[C@@H](c2ccccc2)Nc2ncccc2N1)c1ccccc1. The maximum absolute atomic E-state index is 12.4. The summed E-state index contributed by atoms with van der Waals surface area (Å²) in [6.45, 7) is 0.535. The molecule has 0 spiro atoms. The van der Waals surface area contributed by atoms with Gasteiger partial charge in [0.25, 0.3) is 5.91 Å². The molecular weight excluding hydrogens is 336 g/mol. The Hall–Kier alpha value is -3.34. The topological polar surface area (TPSA) is 66.0 Å². The number of pyridine rings is 1. The summed E-state index contributed by atoms with van der Waals surface area (Å²) in [5, 5.41) is 10.1. The lowest BCUT2D eigenvalue weighted by atomic mass is 9.99. The van der Waals surface area contributed by atoms with Crippen molar-refractivity contribution in [3.63, 3.8) is 0 Å². The first-order valence-corrected chi connectivity index (χ1v) is 9.16. The van der Waals surface area contributed by atoms with Crippen LogP contribution < -0.4 is 16.0 Å². The highest BCUT2D eigenvalue weighted by atomic mass is 16.1. The second-order valence-electron chi connectivity index (χ2n) is 6.66. The van der Waals surface area contributed by atoms with Crippen molar-refractivity contribution in [3.05, 3.63) is 90.1 Å². The van der Waals surface area contributed by atoms with E-state index >= 15 is 0 Å². The van der Waals surface area contributed by atoms with Gasteiger partial charge in [-0.05, 0) is 36.2 Å². The summed E-state index contributed by atoms with van der Waals surface area (Å²) in [6.07, 6.45) is 2.61. The predicted molar refractivity (Wildman–Crippen MR) is 108 cm³/mol. The average molecular weight is 358 g/mol. The first kappa shape index (κ1) is 17.1. The van der Waals surface area contributed by atoms with Crippen LogP contribution in [-0.2, 0) is 0 Å². The lowest BCUT2D eigenvalue weighted by molar-refractivity contribution is 0.0951. The molecule has 2 atom stereocenters. The van der Waals surface area contributed by atoms with Crippen LogP contribution >= 0.6 is 0 Å². The van der Waals surface area contributed by atoms with Crippen LogP contribution in [-0.4, -0.2) is 23.5 Å². The third-order valence-corrected chi connectivity index (χ3v) is 4.75. The predicted octanol–water partition coefficient (Wildman–Crippen LogP) is 3.85. The molecule has 0 aliphatic carbocycles. The number of carbonyl (C=O) groups excluding carboxylic acids is 1. The van der Waals surface area contributed by atoms with Crippen LogP contribution in [0.5, 0.6) is 0 Å². The Balaban J connectivity index is 1.52. The summed E-state index contributed by atoms with van der Waals surface area (Å²) in [4.78, 5) is 16.9. The molecule has 1 aliphatic rings. The van der Waals surface area contributed by atoms with Crippen LogP contribution in [0.2, 0.25) is 0 Å². The standard InChI is InChI=1S/C22H22N4O/c27-22(17-10-5-2-6-11-17)24-15-18-14-20(16-8-3-1-4-9-16)26-21-19(25-18)12-7-13-23-21/h1-13,18,20,25H,14-15H2,(H,23,26)(H,24,27)/t18-,20+/m1/s1. The summed E-state index contributed by atoms with van der Waals surface area (Å²) in [5.74, 6) is 0.778. The van der Waals surface area contributed by atoms with E-state index in [0.29, 0.717) is 12.1 Å². The minimum Gasteiger partial charge on any atom is -0.377 e. The smallest absolute Gasteiger partial charge is 0.251 e. The Kier molecular flexibility index (Phi) is 5.01. The number of anilines is 2. The molecule has 0 radical (unpaired) electrons. The molecule has 0 bridgehead atoms. The number of nitrogens with zero attached hydrogens (tertiary/aromatic N) is 1. The van der Waals surface area contributed by atoms with Gasteiger partial charge >= 0.3 is 0 Å². The molecule has 136 valence electrons. The van der Waals surface area contributed by atoms with Gasteiger partial charge in [-0.25, -0.2) is 4.98 Å². The van der Waals surface area contributed by atoms with Crippen LogP contribution in [0.4, 0.5) is 11.5 Å². The number of fused-ring (bicyclic) bond motifs is 1. The van der Waals surface area contributed by atoms with Crippen molar-refractivity contribution in [2.75, 3.05) is 17.2 Å². The van der Waals surface area contributed by atoms with E-state index in [1.165, 1.54) is 5.56 Å². The van der Waals surface area contributed by atoms with Crippen LogP contribution in [0.25, 0.3) is 0 Å². The molecule has 0 fully saturated rings. The van der Waals surface area contributed by atoms with Gasteiger partial charge in [-0.2, -0.15) is 0 Å². The third-order valence-electron chi connectivity index (χ3n) is 4.75. The van der Waals surface area contributed by atoms with Crippen molar-refractivity contribution in [2.45, 2.75) is 18.5 Å². The van der Waals surface area contributed by atoms with E-state index in [2.05, 4.69) is 33.1 Å². The number of nitrogens with one attached hydrogen (secondary N) is 3. The molecule has 5 heteroatoms. The van der Waals surface area contributed by atoms with E-state index in [4.69, 9.17) is 0 Å². The van der Waals surface area contributed by atoms with Crippen LogP contribution in [0, 0.1) is 0 Å².